The number of hydrogen-bond donors (Lipinski definition) is 1. The van der Waals surface area contributed by atoms with Crippen molar-refractivity contribution >= 4 is 17.3 Å². The number of aromatic nitrogens is 1. The van der Waals surface area contributed by atoms with Gasteiger partial charge in [-0.25, -0.2) is 4.98 Å². The molecule has 0 amide bonds. The largest absolute Gasteiger partial charge is 0.574 e. The van der Waals surface area contributed by atoms with E-state index in [1.807, 2.05) is 0 Å². The van der Waals surface area contributed by atoms with Crippen LogP contribution in [-0.2, 0) is 0 Å². The van der Waals surface area contributed by atoms with Crippen molar-refractivity contribution in [2.24, 2.45) is 0 Å². The molecule has 7 heteroatoms. The summed E-state index contributed by atoms with van der Waals surface area (Å²) in [7, 11) is 0. The predicted octanol–water partition coefficient (Wildman–Crippen LogP) is 2.22. The second kappa shape index (κ2) is 3.29. The van der Waals surface area contributed by atoms with Crippen LogP contribution in [0.25, 0.3) is 0 Å². The van der Waals surface area contributed by atoms with E-state index in [0.29, 0.717) is 0 Å². The van der Waals surface area contributed by atoms with Crippen LogP contribution in [0.4, 0.5) is 18.9 Å². The number of nitrogens with zero attached hydrogens (tertiary/aromatic N) is 1. The summed E-state index contributed by atoms with van der Waals surface area (Å²) in [6.45, 7) is 0. The van der Waals surface area contributed by atoms with Gasteiger partial charge in [-0.05, 0) is 6.07 Å². The molecule has 2 N–H and O–H groups in total. The minimum Gasteiger partial charge on any atom is -0.398 e. The molecule has 1 heterocycles. The molecule has 0 radical (unpaired) electrons. The van der Waals surface area contributed by atoms with Crippen LogP contribution in [-0.4, -0.2) is 11.3 Å². The van der Waals surface area contributed by atoms with Crippen molar-refractivity contribution in [3.8, 4) is 5.88 Å². The lowest BCUT2D eigenvalue weighted by molar-refractivity contribution is -0.276. The maximum Gasteiger partial charge on any atom is 0.574 e. The van der Waals surface area contributed by atoms with E-state index in [4.69, 9.17) is 17.3 Å². The molecule has 0 bridgehead atoms. The molecule has 13 heavy (non-hydrogen) atoms. The molecule has 1 rings (SSSR count). The summed E-state index contributed by atoms with van der Waals surface area (Å²) in [5.41, 5.74) is 5.26. The van der Waals surface area contributed by atoms with Crippen molar-refractivity contribution in [3.05, 3.63) is 17.3 Å². The summed E-state index contributed by atoms with van der Waals surface area (Å²) in [6, 6.07) is 2.14. The Balaban J connectivity index is 2.90. The molecular weight excluding hydrogens is 209 g/mol. The zero-order valence-corrected chi connectivity index (χ0v) is 6.86. The highest BCUT2D eigenvalue weighted by Gasteiger charge is 2.31. The van der Waals surface area contributed by atoms with Crippen molar-refractivity contribution in [1.29, 1.82) is 0 Å². The van der Waals surface area contributed by atoms with Gasteiger partial charge in [0.05, 0.1) is 0 Å². The molecule has 1 aromatic rings. The van der Waals surface area contributed by atoms with E-state index in [9.17, 15) is 13.2 Å². The van der Waals surface area contributed by atoms with Crippen LogP contribution in [0.2, 0.25) is 5.15 Å². The number of anilines is 1. The van der Waals surface area contributed by atoms with Crippen molar-refractivity contribution < 1.29 is 17.9 Å². The Labute approximate surface area is 76.3 Å². The van der Waals surface area contributed by atoms with Crippen LogP contribution in [0.5, 0.6) is 5.88 Å². The standard InChI is InChI=1S/C6H4ClF3N2O/c7-4-1-3(11)2-5(12-4)13-6(8,9)10/h1-2H,(H2,11,12). The molecule has 0 fully saturated rings. The third-order valence-corrected chi connectivity index (χ3v) is 1.21. The van der Waals surface area contributed by atoms with E-state index in [0.717, 1.165) is 6.07 Å². The average molecular weight is 213 g/mol. The maximum absolute atomic E-state index is 11.7. The van der Waals surface area contributed by atoms with Gasteiger partial charge in [-0.15, -0.1) is 13.2 Å². The normalized spacial score (nSPS) is 11.4. The van der Waals surface area contributed by atoms with Crippen molar-refractivity contribution in [3.63, 3.8) is 0 Å². The van der Waals surface area contributed by atoms with Gasteiger partial charge in [0.2, 0.25) is 5.88 Å². The third kappa shape index (κ3) is 3.37. The molecule has 0 aliphatic heterocycles. The lowest BCUT2D eigenvalue weighted by atomic mass is 10.4. The molecule has 72 valence electrons. The number of pyridine rings is 1. The maximum atomic E-state index is 11.7. The predicted molar refractivity (Wildman–Crippen MR) is 40.3 cm³/mol. The molecule has 0 aromatic carbocycles. The van der Waals surface area contributed by atoms with Gasteiger partial charge >= 0.3 is 6.36 Å². The molecule has 3 nitrogen and oxygen atoms in total. The van der Waals surface area contributed by atoms with Gasteiger partial charge in [0.15, 0.2) is 0 Å². The number of nitrogens with two attached hydrogens (primary N) is 1. The smallest absolute Gasteiger partial charge is 0.398 e. The minimum absolute atomic E-state index is 0.0549. The fourth-order valence-corrected chi connectivity index (χ4v) is 0.872. The Bertz CT molecular complexity index is 295. The van der Waals surface area contributed by atoms with Crippen LogP contribution in [0.15, 0.2) is 12.1 Å². The Morgan fingerprint density at radius 2 is 2.00 bits per heavy atom. The summed E-state index contributed by atoms with van der Waals surface area (Å²) in [6.07, 6.45) is -4.79. The highest BCUT2D eigenvalue weighted by Crippen LogP contribution is 2.24. The molecule has 1 aromatic heterocycles. The zero-order valence-electron chi connectivity index (χ0n) is 6.10. The number of ether oxygens (including phenoxy) is 1. The SMILES string of the molecule is Nc1cc(Cl)nc(OC(F)(F)F)c1. The van der Waals surface area contributed by atoms with Crippen molar-refractivity contribution in [2.75, 3.05) is 5.73 Å². The lowest BCUT2D eigenvalue weighted by Gasteiger charge is -2.07. The van der Waals surface area contributed by atoms with Crippen LogP contribution in [0, 0.1) is 0 Å². The van der Waals surface area contributed by atoms with Gasteiger partial charge in [-0.3, -0.25) is 0 Å². The van der Waals surface area contributed by atoms with Crippen LogP contribution in [0.3, 0.4) is 0 Å². The summed E-state index contributed by atoms with van der Waals surface area (Å²) < 4.78 is 38.5. The highest BCUT2D eigenvalue weighted by atomic mass is 35.5. The van der Waals surface area contributed by atoms with Gasteiger partial charge in [0.1, 0.15) is 5.15 Å². The Kier molecular flexibility index (Phi) is 2.51. The van der Waals surface area contributed by atoms with Crippen LogP contribution >= 0.6 is 11.6 Å². The highest BCUT2D eigenvalue weighted by molar-refractivity contribution is 6.29. The number of alkyl halides is 3. The number of rotatable bonds is 1. The first-order valence-electron chi connectivity index (χ1n) is 3.05. The molecule has 0 spiro atoms. The number of nitrogen functional groups attached to an aromatic ring is 1. The van der Waals surface area contributed by atoms with Crippen molar-refractivity contribution in [2.45, 2.75) is 6.36 Å². The van der Waals surface area contributed by atoms with E-state index in [1.54, 1.807) is 0 Å². The Morgan fingerprint density at radius 1 is 1.38 bits per heavy atom. The van der Waals surface area contributed by atoms with Crippen molar-refractivity contribution in [1.82, 2.24) is 4.98 Å². The second-order valence-electron chi connectivity index (χ2n) is 2.11. The van der Waals surface area contributed by atoms with Crippen LogP contribution in [0.1, 0.15) is 0 Å². The molecule has 0 saturated carbocycles. The summed E-state index contributed by atoms with van der Waals surface area (Å²) >= 11 is 5.34. The van der Waals surface area contributed by atoms with E-state index in [1.165, 1.54) is 6.07 Å². The summed E-state index contributed by atoms with van der Waals surface area (Å²) in [5.74, 6) is -0.669. The first-order valence-corrected chi connectivity index (χ1v) is 3.43. The quantitative estimate of drug-likeness (QED) is 0.726. The first-order chi connectivity index (χ1) is 5.87. The number of hydrogen-bond acceptors (Lipinski definition) is 3. The monoisotopic (exact) mass is 212 g/mol. The second-order valence-corrected chi connectivity index (χ2v) is 2.50. The third-order valence-electron chi connectivity index (χ3n) is 1.01. The molecular formula is C6H4ClF3N2O. The van der Waals surface area contributed by atoms with Gasteiger partial charge in [0.25, 0.3) is 0 Å². The van der Waals surface area contributed by atoms with Gasteiger partial charge in [-0.1, -0.05) is 11.6 Å². The van der Waals surface area contributed by atoms with Gasteiger partial charge in [-0.2, -0.15) is 0 Å². The van der Waals surface area contributed by atoms with E-state index >= 15 is 0 Å². The average Bonchev–Trinajstić information content (AvgIpc) is 1.78. The van der Waals surface area contributed by atoms with E-state index in [2.05, 4.69) is 9.72 Å². The fraction of sp³-hybridized carbons (Fsp3) is 0.167. The van der Waals surface area contributed by atoms with E-state index < -0.39 is 12.2 Å². The van der Waals surface area contributed by atoms with Gasteiger partial charge < -0.3 is 10.5 Å². The van der Waals surface area contributed by atoms with Gasteiger partial charge in [0, 0.05) is 11.8 Å². The molecule has 0 aliphatic rings. The summed E-state index contributed by atoms with van der Waals surface area (Å²) in [4.78, 5) is 3.26. The minimum atomic E-state index is -4.79. The first kappa shape index (κ1) is 9.91. The number of halogens is 4. The van der Waals surface area contributed by atoms with Crippen LogP contribution < -0.4 is 10.5 Å². The summed E-state index contributed by atoms with van der Waals surface area (Å²) in [5, 5.41) is -0.153. The molecule has 0 saturated heterocycles. The topological polar surface area (TPSA) is 48.1 Å². The zero-order chi connectivity index (χ0) is 10.1. The van der Waals surface area contributed by atoms with E-state index in [-0.39, 0.29) is 10.8 Å². The lowest BCUT2D eigenvalue weighted by Crippen LogP contribution is -2.18. The molecule has 0 aliphatic carbocycles. The fourth-order valence-electron chi connectivity index (χ4n) is 0.662. The Hall–Kier alpha value is -1.17. The molecule has 0 atom stereocenters. The molecule has 0 unspecified atom stereocenters. The Morgan fingerprint density at radius 3 is 2.46 bits per heavy atom.